The van der Waals surface area contributed by atoms with Gasteiger partial charge in [0.15, 0.2) is 0 Å². The molecule has 3 rings (SSSR count). The van der Waals surface area contributed by atoms with Gasteiger partial charge in [0.1, 0.15) is 23.5 Å². The highest BCUT2D eigenvalue weighted by Gasteiger charge is 2.27. The SMILES string of the molecule is COC(=O)c1cc(Cl)c2c(c1)CC(CNC(=O)c1ccc(F)cc1F)O2. The lowest BCUT2D eigenvalue weighted by Gasteiger charge is -2.12. The molecule has 0 bridgehead atoms. The number of halogens is 3. The fourth-order valence-electron chi connectivity index (χ4n) is 2.71. The van der Waals surface area contributed by atoms with Gasteiger partial charge in [-0.05, 0) is 24.3 Å². The molecule has 1 atom stereocenters. The van der Waals surface area contributed by atoms with Crippen LogP contribution in [0.5, 0.6) is 5.75 Å². The molecule has 136 valence electrons. The molecular weight excluding hydrogens is 368 g/mol. The normalized spacial score (nSPS) is 15.2. The van der Waals surface area contributed by atoms with Gasteiger partial charge in [-0.15, -0.1) is 0 Å². The number of rotatable bonds is 4. The molecule has 0 saturated carbocycles. The Bertz CT molecular complexity index is 888. The quantitative estimate of drug-likeness (QED) is 0.826. The average Bonchev–Trinajstić information content (AvgIpc) is 3.02. The van der Waals surface area contributed by atoms with Crippen LogP contribution in [0.3, 0.4) is 0 Å². The molecule has 1 aliphatic heterocycles. The predicted octanol–water partition coefficient (Wildman–Crippen LogP) is 3.14. The Hall–Kier alpha value is -2.67. The molecule has 1 unspecified atom stereocenters. The number of esters is 1. The second-order valence-corrected chi connectivity index (χ2v) is 6.12. The lowest BCUT2D eigenvalue weighted by Crippen LogP contribution is -2.34. The Morgan fingerprint density at radius 3 is 2.77 bits per heavy atom. The zero-order valence-corrected chi connectivity index (χ0v) is 14.4. The van der Waals surface area contributed by atoms with Gasteiger partial charge < -0.3 is 14.8 Å². The van der Waals surface area contributed by atoms with Gasteiger partial charge in [-0.25, -0.2) is 13.6 Å². The van der Waals surface area contributed by atoms with Crippen LogP contribution in [0, 0.1) is 11.6 Å². The monoisotopic (exact) mass is 381 g/mol. The van der Waals surface area contributed by atoms with Gasteiger partial charge >= 0.3 is 5.97 Å². The average molecular weight is 382 g/mol. The Balaban J connectivity index is 1.66. The molecule has 1 N–H and O–H groups in total. The van der Waals surface area contributed by atoms with E-state index in [-0.39, 0.29) is 17.1 Å². The van der Waals surface area contributed by atoms with Crippen molar-refractivity contribution in [1.29, 1.82) is 0 Å². The zero-order valence-electron chi connectivity index (χ0n) is 13.6. The van der Waals surface area contributed by atoms with Gasteiger partial charge in [0, 0.05) is 18.1 Å². The van der Waals surface area contributed by atoms with Gasteiger partial charge in [-0.3, -0.25) is 4.79 Å². The van der Waals surface area contributed by atoms with Crippen LogP contribution in [0.25, 0.3) is 0 Å². The minimum absolute atomic E-state index is 0.0915. The summed E-state index contributed by atoms with van der Waals surface area (Å²) >= 11 is 6.13. The number of benzene rings is 2. The smallest absolute Gasteiger partial charge is 0.337 e. The van der Waals surface area contributed by atoms with Gasteiger partial charge in [0.05, 0.1) is 29.8 Å². The van der Waals surface area contributed by atoms with E-state index in [4.69, 9.17) is 16.3 Å². The van der Waals surface area contributed by atoms with Crippen LogP contribution in [0.2, 0.25) is 5.02 Å². The van der Waals surface area contributed by atoms with Crippen molar-refractivity contribution in [2.24, 2.45) is 0 Å². The maximum absolute atomic E-state index is 13.6. The molecule has 1 heterocycles. The molecule has 0 spiro atoms. The molecule has 1 amide bonds. The lowest BCUT2D eigenvalue weighted by molar-refractivity contribution is 0.0600. The van der Waals surface area contributed by atoms with Crippen LogP contribution in [-0.2, 0) is 11.2 Å². The lowest BCUT2D eigenvalue weighted by atomic mass is 10.1. The van der Waals surface area contributed by atoms with Gasteiger partial charge in [-0.1, -0.05) is 11.6 Å². The molecule has 26 heavy (non-hydrogen) atoms. The summed E-state index contributed by atoms with van der Waals surface area (Å²) in [6.07, 6.45) is -0.0191. The number of amides is 1. The van der Waals surface area contributed by atoms with E-state index in [2.05, 4.69) is 10.1 Å². The fourth-order valence-corrected chi connectivity index (χ4v) is 3.00. The van der Waals surface area contributed by atoms with Crippen LogP contribution < -0.4 is 10.1 Å². The van der Waals surface area contributed by atoms with Gasteiger partial charge in [-0.2, -0.15) is 0 Å². The van der Waals surface area contributed by atoms with E-state index in [1.165, 1.54) is 13.2 Å². The molecule has 0 aliphatic carbocycles. The van der Waals surface area contributed by atoms with E-state index in [1.807, 2.05) is 0 Å². The van der Waals surface area contributed by atoms with Gasteiger partial charge in [0.25, 0.3) is 5.91 Å². The number of fused-ring (bicyclic) bond motifs is 1. The minimum Gasteiger partial charge on any atom is -0.486 e. The van der Waals surface area contributed by atoms with Crippen LogP contribution in [0.4, 0.5) is 8.78 Å². The Morgan fingerprint density at radius 1 is 1.31 bits per heavy atom. The third-order valence-corrected chi connectivity index (χ3v) is 4.22. The summed E-state index contributed by atoms with van der Waals surface area (Å²) in [5.41, 5.74) is 0.760. The summed E-state index contributed by atoms with van der Waals surface area (Å²) in [6, 6.07) is 5.79. The van der Waals surface area contributed by atoms with Crippen molar-refractivity contribution in [3.63, 3.8) is 0 Å². The number of hydrogen-bond acceptors (Lipinski definition) is 4. The molecule has 0 saturated heterocycles. The zero-order chi connectivity index (χ0) is 18.8. The van der Waals surface area contributed by atoms with Crippen molar-refractivity contribution in [3.8, 4) is 5.75 Å². The van der Waals surface area contributed by atoms with Crippen LogP contribution in [-0.4, -0.2) is 31.6 Å². The fraction of sp³-hybridized carbons (Fsp3) is 0.222. The molecular formula is C18H14ClF2NO4. The van der Waals surface area contributed by atoms with E-state index < -0.39 is 29.6 Å². The summed E-state index contributed by atoms with van der Waals surface area (Å²) in [7, 11) is 1.27. The molecule has 0 fully saturated rings. The Kier molecular flexibility index (Phi) is 5.08. The predicted molar refractivity (Wildman–Crippen MR) is 89.6 cm³/mol. The molecule has 0 aromatic heterocycles. The summed E-state index contributed by atoms with van der Waals surface area (Å²) in [4.78, 5) is 23.7. The number of carbonyl (C=O) groups excluding carboxylic acids is 2. The standard InChI is InChI=1S/C18H14ClF2NO4/c1-25-18(24)10-4-9-5-12(26-16(9)14(19)6-10)8-22-17(23)13-3-2-11(20)7-15(13)21/h2-4,6-7,12H,5,8H2,1H3,(H,22,23). The highest BCUT2D eigenvalue weighted by molar-refractivity contribution is 6.32. The van der Waals surface area contributed by atoms with Crippen LogP contribution in [0.1, 0.15) is 26.3 Å². The van der Waals surface area contributed by atoms with Crippen molar-refractivity contribution in [2.45, 2.75) is 12.5 Å². The summed E-state index contributed by atoms with van der Waals surface area (Å²) in [5, 5.41) is 2.81. The molecule has 8 heteroatoms. The number of nitrogens with one attached hydrogen (secondary N) is 1. The van der Waals surface area contributed by atoms with Crippen molar-refractivity contribution in [3.05, 3.63) is 63.7 Å². The number of methoxy groups -OCH3 is 1. The largest absolute Gasteiger partial charge is 0.486 e. The number of ether oxygens (including phenoxy) is 2. The second-order valence-electron chi connectivity index (χ2n) is 5.72. The van der Waals surface area contributed by atoms with E-state index in [1.54, 1.807) is 6.07 Å². The molecule has 0 radical (unpaired) electrons. The molecule has 5 nitrogen and oxygen atoms in total. The first-order chi connectivity index (χ1) is 12.4. The molecule has 1 aliphatic rings. The highest BCUT2D eigenvalue weighted by atomic mass is 35.5. The van der Waals surface area contributed by atoms with E-state index in [0.717, 1.165) is 12.1 Å². The summed E-state index contributed by atoms with van der Waals surface area (Å²) in [6.45, 7) is 0.0915. The third kappa shape index (κ3) is 3.62. The highest BCUT2D eigenvalue weighted by Crippen LogP contribution is 2.37. The minimum atomic E-state index is -0.941. The molecule has 2 aromatic rings. The Morgan fingerprint density at radius 2 is 2.08 bits per heavy atom. The van der Waals surface area contributed by atoms with E-state index in [0.29, 0.717) is 29.4 Å². The summed E-state index contributed by atoms with van der Waals surface area (Å²) in [5.74, 6) is -2.46. The first kappa shape index (κ1) is 18.1. The van der Waals surface area contributed by atoms with Crippen molar-refractivity contribution < 1.29 is 27.8 Å². The molecule has 2 aromatic carbocycles. The third-order valence-electron chi connectivity index (χ3n) is 3.94. The van der Waals surface area contributed by atoms with Gasteiger partial charge in [0.2, 0.25) is 0 Å². The first-order valence-electron chi connectivity index (χ1n) is 7.69. The number of carbonyl (C=O) groups is 2. The van der Waals surface area contributed by atoms with Crippen LogP contribution in [0.15, 0.2) is 30.3 Å². The topological polar surface area (TPSA) is 64.6 Å². The van der Waals surface area contributed by atoms with Crippen molar-refractivity contribution >= 4 is 23.5 Å². The number of hydrogen-bond donors (Lipinski definition) is 1. The van der Waals surface area contributed by atoms with Crippen molar-refractivity contribution in [1.82, 2.24) is 5.32 Å². The second kappa shape index (κ2) is 7.29. The Labute approximate surface area is 152 Å². The van der Waals surface area contributed by atoms with Crippen molar-refractivity contribution in [2.75, 3.05) is 13.7 Å². The van der Waals surface area contributed by atoms with E-state index in [9.17, 15) is 18.4 Å². The summed E-state index contributed by atoms with van der Waals surface area (Å²) < 4.78 is 36.9. The van der Waals surface area contributed by atoms with Crippen LogP contribution >= 0.6 is 11.6 Å². The van der Waals surface area contributed by atoms with E-state index >= 15 is 0 Å². The maximum Gasteiger partial charge on any atom is 0.337 e. The first-order valence-corrected chi connectivity index (χ1v) is 8.07. The maximum atomic E-state index is 13.6.